The van der Waals surface area contributed by atoms with Crippen LogP contribution < -0.4 is 10.1 Å². The molecule has 0 fully saturated rings. The molecular formula is C16H10F4N4OS. The van der Waals surface area contributed by atoms with Gasteiger partial charge in [-0.15, -0.1) is 13.2 Å². The summed E-state index contributed by atoms with van der Waals surface area (Å²) in [4.78, 5) is 8.68. The van der Waals surface area contributed by atoms with Gasteiger partial charge in [0.15, 0.2) is 5.13 Å². The van der Waals surface area contributed by atoms with E-state index in [2.05, 4.69) is 20.0 Å². The minimum atomic E-state index is -4.75. The number of rotatable bonds is 3. The number of hydrogen-bond acceptors (Lipinski definition) is 5. The van der Waals surface area contributed by atoms with E-state index in [0.29, 0.717) is 32.3 Å². The van der Waals surface area contributed by atoms with Crippen LogP contribution in [0.3, 0.4) is 0 Å². The lowest BCUT2D eigenvalue weighted by atomic mass is 10.3. The predicted molar refractivity (Wildman–Crippen MR) is 90.3 cm³/mol. The van der Waals surface area contributed by atoms with Crippen molar-refractivity contribution in [3.8, 4) is 5.75 Å². The van der Waals surface area contributed by atoms with E-state index in [-0.39, 0.29) is 11.6 Å². The minimum absolute atomic E-state index is 0.307. The highest BCUT2D eigenvalue weighted by molar-refractivity contribution is 7.22. The summed E-state index contributed by atoms with van der Waals surface area (Å²) in [7, 11) is 1.72. The Morgan fingerprint density at radius 3 is 2.62 bits per heavy atom. The number of nitrogens with zero attached hydrogens (tertiary/aromatic N) is 3. The first-order valence-corrected chi connectivity index (χ1v) is 8.15. The molecule has 4 rings (SSSR count). The molecule has 0 saturated carbocycles. The fourth-order valence-electron chi connectivity index (χ4n) is 2.53. The zero-order valence-corrected chi connectivity index (χ0v) is 14.0. The van der Waals surface area contributed by atoms with Gasteiger partial charge in [0, 0.05) is 13.1 Å². The molecule has 0 atom stereocenters. The molecule has 4 aromatic rings. The molecule has 0 aliphatic heterocycles. The van der Waals surface area contributed by atoms with Crippen LogP contribution >= 0.6 is 11.3 Å². The largest absolute Gasteiger partial charge is 0.573 e. The van der Waals surface area contributed by atoms with Gasteiger partial charge in [-0.3, -0.25) is 0 Å². The SMILES string of the molecule is Cn1c(Nc2nc3ccc(OC(F)(F)F)cc3s2)nc2ccc(F)cc21. The van der Waals surface area contributed by atoms with Crippen molar-refractivity contribution in [2.45, 2.75) is 6.36 Å². The molecule has 26 heavy (non-hydrogen) atoms. The molecule has 134 valence electrons. The Bertz CT molecular complexity index is 1120. The van der Waals surface area contributed by atoms with Gasteiger partial charge in [0.1, 0.15) is 11.6 Å². The molecule has 1 N–H and O–H groups in total. The van der Waals surface area contributed by atoms with Crippen LogP contribution in [0.15, 0.2) is 36.4 Å². The lowest BCUT2D eigenvalue weighted by Gasteiger charge is -2.07. The summed E-state index contributed by atoms with van der Waals surface area (Å²) in [5, 5.41) is 3.46. The molecule has 0 amide bonds. The second kappa shape index (κ2) is 5.84. The lowest BCUT2D eigenvalue weighted by molar-refractivity contribution is -0.274. The minimum Gasteiger partial charge on any atom is -0.406 e. The zero-order valence-electron chi connectivity index (χ0n) is 13.1. The number of hydrogen-bond donors (Lipinski definition) is 1. The maximum atomic E-state index is 13.4. The molecule has 0 spiro atoms. The van der Waals surface area contributed by atoms with Gasteiger partial charge in [0.25, 0.3) is 0 Å². The summed E-state index contributed by atoms with van der Waals surface area (Å²) in [5.41, 5.74) is 1.74. The molecule has 0 bridgehead atoms. The topological polar surface area (TPSA) is 52.0 Å². The Morgan fingerprint density at radius 2 is 1.85 bits per heavy atom. The molecule has 10 heteroatoms. The molecule has 0 radical (unpaired) electrons. The Labute approximate surface area is 147 Å². The van der Waals surface area contributed by atoms with Crippen LogP contribution in [0.1, 0.15) is 0 Å². The van der Waals surface area contributed by atoms with Crippen molar-refractivity contribution in [3.63, 3.8) is 0 Å². The number of benzene rings is 2. The quantitative estimate of drug-likeness (QED) is 0.509. The predicted octanol–water partition coefficient (Wildman–Crippen LogP) is 4.96. The Hall–Kier alpha value is -2.88. The number of ether oxygens (including phenoxy) is 1. The number of nitrogens with one attached hydrogen (secondary N) is 1. The third-order valence-electron chi connectivity index (χ3n) is 3.66. The third kappa shape index (κ3) is 3.15. The van der Waals surface area contributed by atoms with Crippen molar-refractivity contribution in [2.24, 2.45) is 7.05 Å². The second-order valence-corrected chi connectivity index (χ2v) is 6.48. The number of thiazole rings is 1. The fraction of sp³-hybridized carbons (Fsp3) is 0.125. The smallest absolute Gasteiger partial charge is 0.406 e. The highest BCUT2D eigenvalue weighted by Gasteiger charge is 2.31. The van der Waals surface area contributed by atoms with E-state index >= 15 is 0 Å². The van der Waals surface area contributed by atoms with Crippen LogP contribution in [-0.4, -0.2) is 20.9 Å². The van der Waals surface area contributed by atoms with Crippen molar-refractivity contribution in [3.05, 3.63) is 42.2 Å². The number of imidazole rings is 1. The second-order valence-electron chi connectivity index (χ2n) is 5.45. The van der Waals surface area contributed by atoms with Gasteiger partial charge in [0.05, 0.1) is 21.3 Å². The normalized spacial score (nSPS) is 12.0. The van der Waals surface area contributed by atoms with E-state index in [1.807, 2.05) is 0 Å². The Kier molecular flexibility index (Phi) is 3.72. The van der Waals surface area contributed by atoms with Crippen molar-refractivity contribution in [2.75, 3.05) is 5.32 Å². The molecule has 0 aliphatic carbocycles. The summed E-state index contributed by atoms with van der Waals surface area (Å²) >= 11 is 1.16. The van der Waals surface area contributed by atoms with Gasteiger partial charge in [-0.25, -0.2) is 14.4 Å². The fourth-order valence-corrected chi connectivity index (χ4v) is 3.41. The van der Waals surface area contributed by atoms with Crippen LogP contribution in [-0.2, 0) is 7.05 Å². The van der Waals surface area contributed by atoms with E-state index in [4.69, 9.17) is 0 Å². The van der Waals surface area contributed by atoms with Crippen molar-refractivity contribution in [1.82, 2.24) is 14.5 Å². The standard InChI is InChI=1S/C16H10F4N4OS/c1-24-12-6-8(17)2-4-10(12)21-14(24)23-15-22-11-5-3-9(7-13(11)26-15)25-16(18,19)20/h2-7H,1H3,(H,21,22,23). The van der Waals surface area contributed by atoms with E-state index in [1.54, 1.807) is 17.7 Å². The molecule has 2 heterocycles. The van der Waals surface area contributed by atoms with E-state index in [9.17, 15) is 17.6 Å². The van der Waals surface area contributed by atoms with Crippen molar-refractivity contribution >= 4 is 43.7 Å². The van der Waals surface area contributed by atoms with E-state index in [0.717, 1.165) is 11.3 Å². The first-order valence-electron chi connectivity index (χ1n) is 7.34. The first-order chi connectivity index (χ1) is 12.3. The first kappa shape index (κ1) is 16.6. The van der Waals surface area contributed by atoms with E-state index < -0.39 is 6.36 Å². The average Bonchev–Trinajstić information content (AvgIpc) is 3.07. The number of halogens is 4. The van der Waals surface area contributed by atoms with Gasteiger partial charge in [-0.2, -0.15) is 0 Å². The number of aromatic nitrogens is 3. The van der Waals surface area contributed by atoms with Gasteiger partial charge < -0.3 is 14.6 Å². The molecule has 0 unspecified atom stereocenters. The summed E-state index contributed by atoms with van der Waals surface area (Å²) in [6.07, 6.45) is -4.75. The van der Waals surface area contributed by atoms with Crippen molar-refractivity contribution < 1.29 is 22.3 Å². The highest BCUT2D eigenvalue weighted by atomic mass is 32.1. The monoisotopic (exact) mass is 382 g/mol. The van der Waals surface area contributed by atoms with Gasteiger partial charge in [0.2, 0.25) is 5.95 Å². The molecule has 2 aromatic heterocycles. The third-order valence-corrected chi connectivity index (χ3v) is 4.59. The van der Waals surface area contributed by atoms with Gasteiger partial charge >= 0.3 is 6.36 Å². The molecule has 5 nitrogen and oxygen atoms in total. The van der Waals surface area contributed by atoms with Crippen LogP contribution in [0.4, 0.5) is 28.6 Å². The number of anilines is 2. The number of aryl methyl sites for hydroxylation is 1. The molecule has 2 aromatic carbocycles. The lowest BCUT2D eigenvalue weighted by Crippen LogP contribution is -2.16. The summed E-state index contributed by atoms with van der Waals surface area (Å²) < 4.78 is 56.5. The Morgan fingerprint density at radius 1 is 1.08 bits per heavy atom. The summed E-state index contributed by atoms with van der Waals surface area (Å²) in [5.74, 6) is -0.237. The summed E-state index contributed by atoms with van der Waals surface area (Å²) in [6, 6.07) is 8.18. The van der Waals surface area contributed by atoms with Crippen LogP contribution in [0.25, 0.3) is 21.3 Å². The average molecular weight is 382 g/mol. The summed E-state index contributed by atoms with van der Waals surface area (Å²) in [6.45, 7) is 0. The van der Waals surface area contributed by atoms with Crippen LogP contribution in [0.5, 0.6) is 5.75 Å². The van der Waals surface area contributed by atoms with E-state index in [1.165, 1.54) is 30.3 Å². The van der Waals surface area contributed by atoms with Crippen LogP contribution in [0, 0.1) is 5.82 Å². The maximum Gasteiger partial charge on any atom is 0.573 e. The number of alkyl halides is 3. The Balaban J connectivity index is 1.66. The maximum absolute atomic E-state index is 13.4. The molecule has 0 aliphatic rings. The van der Waals surface area contributed by atoms with Gasteiger partial charge in [-0.05, 0) is 30.3 Å². The van der Waals surface area contributed by atoms with Crippen LogP contribution in [0.2, 0.25) is 0 Å². The van der Waals surface area contributed by atoms with Gasteiger partial charge in [-0.1, -0.05) is 11.3 Å². The molecule has 0 saturated heterocycles. The molecular weight excluding hydrogens is 372 g/mol. The highest BCUT2D eigenvalue weighted by Crippen LogP contribution is 2.33. The van der Waals surface area contributed by atoms with Crippen molar-refractivity contribution in [1.29, 1.82) is 0 Å². The zero-order chi connectivity index (χ0) is 18.5. The number of fused-ring (bicyclic) bond motifs is 2.